The van der Waals surface area contributed by atoms with Crippen molar-refractivity contribution < 1.29 is 26.7 Å². The van der Waals surface area contributed by atoms with Crippen LogP contribution in [-0.4, -0.2) is 56.0 Å². The maximum atomic E-state index is 15.6. The quantitative estimate of drug-likeness (QED) is 0.198. The van der Waals surface area contributed by atoms with Crippen LogP contribution in [0.2, 0.25) is 0 Å². The van der Waals surface area contributed by atoms with Crippen molar-refractivity contribution in [3.63, 3.8) is 0 Å². The predicted octanol–water partition coefficient (Wildman–Crippen LogP) is 6.25. The van der Waals surface area contributed by atoms with Gasteiger partial charge < -0.3 is 10.2 Å². The first-order valence-corrected chi connectivity index (χ1v) is 14.1. The number of hydrogen-bond donors (Lipinski definition) is 1. The standard InChI is InChI=1S/C27H32F5IN4O/c28-24(29)23-21(2-1-14-34-23)25(38)36-20-5-10-26(30,11-6-20)13-17-37-15-8-18-3-4-19(7-12-27(31,32)33)35-22(18)9-16-37/h1-4,14,20,24H,5-13,15-17H2,(H,36,38). The summed E-state index contributed by atoms with van der Waals surface area (Å²) < 4.78 is 65.6. The molecule has 208 valence electrons. The molecule has 5 nitrogen and oxygen atoms in total. The van der Waals surface area contributed by atoms with Crippen LogP contribution in [-0.2, 0) is 19.3 Å². The van der Waals surface area contributed by atoms with Crippen molar-refractivity contribution in [2.75, 3.05) is 19.6 Å². The van der Waals surface area contributed by atoms with Gasteiger partial charge in [0.05, 0.1) is 5.56 Å². The molecule has 1 N–H and O–H groups in total. The molecule has 2 aromatic heterocycles. The van der Waals surface area contributed by atoms with Crippen LogP contribution >= 0.6 is 22.6 Å². The summed E-state index contributed by atoms with van der Waals surface area (Å²) in [6.45, 7) is 2.12. The van der Waals surface area contributed by atoms with Gasteiger partial charge in [0.15, 0.2) is 0 Å². The molecule has 0 radical (unpaired) electrons. The van der Waals surface area contributed by atoms with Crippen molar-refractivity contribution in [2.24, 2.45) is 0 Å². The molecule has 0 spiro atoms. The summed E-state index contributed by atoms with van der Waals surface area (Å²) in [6, 6.07) is 6.31. The van der Waals surface area contributed by atoms with E-state index in [-0.39, 0.29) is 24.4 Å². The van der Waals surface area contributed by atoms with E-state index in [2.05, 4.69) is 20.2 Å². The molecule has 4 rings (SSSR count). The van der Waals surface area contributed by atoms with Crippen LogP contribution in [0.3, 0.4) is 0 Å². The van der Waals surface area contributed by atoms with Crippen LogP contribution in [0.4, 0.5) is 22.0 Å². The Labute approximate surface area is 233 Å². The number of pyridine rings is 2. The van der Waals surface area contributed by atoms with Gasteiger partial charge in [-0.05, 0) is 91.3 Å². The highest BCUT2D eigenvalue weighted by Crippen LogP contribution is 2.35. The number of amides is 1. The van der Waals surface area contributed by atoms with E-state index in [1.54, 1.807) is 0 Å². The topological polar surface area (TPSA) is 58.1 Å². The summed E-state index contributed by atoms with van der Waals surface area (Å²) in [5.74, 6) is -0.603. The lowest BCUT2D eigenvalue weighted by molar-refractivity contribution is 0.0642. The molecule has 3 heterocycles. The average Bonchev–Trinajstić information content (AvgIpc) is 3.09. The van der Waals surface area contributed by atoms with Crippen molar-refractivity contribution in [1.82, 2.24) is 20.2 Å². The molecule has 1 saturated carbocycles. The van der Waals surface area contributed by atoms with Crippen molar-refractivity contribution in [2.45, 2.75) is 79.9 Å². The molecule has 0 saturated heterocycles. The minimum absolute atomic E-state index is 0.147. The highest BCUT2D eigenvalue weighted by molar-refractivity contribution is 14.1. The zero-order valence-electron chi connectivity index (χ0n) is 21.0. The van der Waals surface area contributed by atoms with E-state index < -0.39 is 27.6 Å². The largest absolute Gasteiger partial charge is 0.349 e. The Morgan fingerprint density at radius 3 is 2.63 bits per heavy atom. The number of aromatic nitrogens is 2. The van der Waals surface area contributed by atoms with Crippen LogP contribution in [0, 0.1) is 0 Å². The molecule has 38 heavy (non-hydrogen) atoms. The molecular formula is C27H32F5IN4O. The number of alkyl halides is 6. The summed E-state index contributed by atoms with van der Waals surface area (Å²) >= 11 is 1.15. The Kier molecular flexibility index (Phi) is 9.59. The second-order valence-electron chi connectivity index (χ2n) is 10.3. The van der Waals surface area contributed by atoms with Crippen LogP contribution in [0.1, 0.15) is 78.0 Å². The molecule has 1 aliphatic heterocycles. The van der Waals surface area contributed by atoms with Gasteiger partial charge in [-0.25, -0.2) is 13.2 Å². The van der Waals surface area contributed by atoms with Crippen LogP contribution in [0.15, 0.2) is 30.5 Å². The van der Waals surface area contributed by atoms with E-state index in [0.717, 1.165) is 53.4 Å². The SMILES string of the molecule is O=C(NC1CCC(F)(CCN2CCc3ccc(CCC(F)(F)I)nc3CC2)CC1)c1cccnc1C(F)F. The number of carbonyl (C=O) groups is 1. The number of nitrogens with one attached hydrogen (secondary N) is 1. The fraction of sp³-hybridized carbons (Fsp3) is 0.593. The van der Waals surface area contributed by atoms with E-state index in [1.807, 2.05) is 12.1 Å². The van der Waals surface area contributed by atoms with Gasteiger partial charge in [-0.15, -0.1) is 0 Å². The lowest BCUT2D eigenvalue weighted by Gasteiger charge is -2.35. The van der Waals surface area contributed by atoms with Crippen molar-refractivity contribution in [3.05, 3.63) is 58.7 Å². The van der Waals surface area contributed by atoms with Gasteiger partial charge in [-0.3, -0.25) is 14.8 Å². The molecule has 0 atom stereocenters. The van der Waals surface area contributed by atoms with Gasteiger partial charge >= 0.3 is 0 Å². The second kappa shape index (κ2) is 12.5. The third-order valence-corrected chi connectivity index (χ3v) is 8.08. The Bertz CT molecular complexity index is 1110. The molecule has 0 bridgehead atoms. The molecule has 0 aromatic carbocycles. The normalized spacial score (nSPS) is 22.7. The van der Waals surface area contributed by atoms with Crippen LogP contribution in [0.25, 0.3) is 0 Å². The lowest BCUT2D eigenvalue weighted by atomic mass is 9.81. The molecule has 2 aliphatic rings. The van der Waals surface area contributed by atoms with Gasteiger partial charge in [0.2, 0.25) is 0 Å². The number of fused-ring (bicyclic) bond motifs is 1. The number of nitrogens with zero attached hydrogens (tertiary/aromatic N) is 3. The van der Waals surface area contributed by atoms with Gasteiger partial charge in [0.25, 0.3) is 16.3 Å². The molecule has 1 amide bonds. The number of hydrogen-bond acceptors (Lipinski definition) is 4. The number of aryl methyl sites for hydroxylation is 1. The third-order valence-electron chi connectivity index (χ3n) is 7.54. The van der Waals surface area contributed by atoms with Crippen LogP contribution < -0.4 is 5.32 Å². The smallest absolute Gasteiger partial charge is 0.296 e. The fourth-order valence-electron chi connectivity index (χ4n) is 5.24. The fourth-order valence-corrected chi connectivity index (χ4v) is 5.51. The number of carbonyl (C=O) groups excluding carboxylic acids is 1. The average molecular weight is 650 g/mol. The van der Waals surface area contributed by atoms with Gasteiger partial charge in [-0.1, -0.05) is 6.07 Å². The summed E-state index contributed by atoms with van der Waals surface area (Å²) in [6.07, 6.45) is 1.72. The highest BCUT2D eigenvalue weighted by atomic mass is 127. The second-order valence-corrected chi connectivity index (χ2v) is 11.8. The van der Waals surface area contributed by atoms with Gasteiger partial charge in [0, 0.05) is 56.1 Å². The Morgan fingerprint density at radius 1 is 1.18 bits per heavy atom. The third kappa shape index (κ3) is 8.06. The van der Waals surface area contributed by atoms with E-state index in [0.29, 0.717) is 50.8 Å². The number of halogens is 6. The minimum Gasteiger partial charge on any atom is -0.349 e. The zero-order chi connectivity index (χ0) is 27.3. The first kappa shape index (κ1) is 29.1. The molecule has 0 unspecified atom stereocenters. The maximum absolute atomic E-state index is 15.6. The lowest BCUT2D eigenvalue weighted by Crippen LogP contribution is -2.43. The summed E-state index contributed by atoms with van der Waals surface area (Å²) in [5.41, 5.74) is 0.706. The molecule has 1 fully saturated rings. The molecule has 2 aromatic rings. The Balaban J connectivity index is 1.23. The van der Waals surface area contributed by atoms with E-state index in [9.17, 15) is 22.4 Å². The van der Waals surface area contributed by atoms with Crippen LogP contribution in [0.5, 0.6) is 0 Å². The Morgan fingerprint density at radius 2 is 1.92 bits per heavy atom. The summed E-state index contributed by atoms with van der Waals surface area (Å²) in [5, 5.41) is 2.78. The van der Waals surface area contributed by atoms with Crippen molar-refractivity contribution in [3.8, 4) is 0 Å². The van der Waals surface area contributed by atoms with Crippen molar-refractivity contribution >= 4 is 28.5 Å². The first-order chi connectivity index (χ1) is 18.0. The van der Waals surface area contributed by atoms with E-state index in [1.165, 1.54) is 18.3 Å². The van der Waals surface area contributed by atoms with E-state index in [4.69, 9.17) is 0 Å². The summed E-state index contributed by atoms with van der Waals surface area (Å²) in [4.78, 5) is 23.0. The highest BCUT2D eigenvalue weighted by Gasteiger charge is 2.36. The van der Waals surface area contributed by atoms with E-state index >= 15 is 4.39 Å². The minimum atomic E-state index is -2.85. The number of rotatable bonds is 9. The Hall–Kier alpha value is -1.89. The summed E-state index contributed by atoms with van der Waals surface area (Å²) in [7, 11) is 0. The van der Waals surface area contributed by atoms with Gasteiger partial charge in [-0.2, -0.15) is 8.78 Å². The molecular weight excluding hydrogens is 618 g/mol. The maximum Gasteiger partial charge on any atom is 0.296 e. The zero-order valence-corrected chi connectivity index (χ0v) is 23.2. The monoisotopic (exact) mass is 650 g/mol. The molecule has 11 heteroatoms. The molecule has 1 aliphatic carbocycles. The predicted molar refractivity (Wildman–Crippen MR) is 143 cm³/mol. The van der Waals surface area contributed by atoms with Gasteiger partial charge in [0.1, 0.15) is 11.4 Å². The van der Waals surface area contributed by atoms with Crippen molar-refractivity contribution in [1.29, 1.82) is 0 Å². The first-order valence-electron chi connectivity index (χ1n) is 13.0.